The molecule has 3 nitrogen and oxygen atoms in total. The van der Waals surface area contributed by atoms with Crippen LogP contribution in [-0.2, 0) is 0 Å². The summed E-state index contributed by atoms with van der Waals surface area (Å²) >= 11 is 2.01. The molecule has 0 aliphatic carbocycles. The minimum Gasteiger partial charge on any atom is -0.478 e. The summed E-state index contributed by atoms with van der Waals surface area (Å²) in [4.78, 5) is 11.2. The van der Waals surface area contributed by atoms with Crippen LogP contribution in [0.5, 0.6) is 0 Å². The fourth-order valence-corrected chi connectivity index (χ4v) is 4.10. The van der Waals surface area contributed by atoms with Crippen LogP contribution in [0.15, 0.2) is 10.7 Å². The van der Waals surface area contributed by atoms with Crippen LogP contribution in [0.3, 0.4) is 0 Å². The van der Waals surface area contributed by atoms with Crippen molar-refractivity contribution in [1.29, 1.82) is 0 Å². The van der Waals surface area contributed by atoms with Crippen LogP contribution in [0.1, 0.15) is 31.1 Å². The highest BCUT2D eigenvalue weighted by molar-refractivity contribution is 14.1. The normalized spacial score (nSPS) is 12.9. The number of hydrogen-bond acceptors (Lipinski definition) is 2. The minimum absolute atomic E-state index is 0.0676. The maximum atomic E-state index is 11.2. The highest BCUT2D eigenvalue weighted by Gasteiger charge is 2.43. The Labute approximate surface area is 110 Å². The summed E-state index contributed by atoms with van der Waals surface area (Å²) in [5.41, 5.74) is 0.354. The zero-order chi connectivity index (χ0) is 12.7. The van der Waals surface area contributed by atoms with Crippen LogP contribution in [0, 0.1) is 3.57 Å². The van der Waals surface area contributed by atoms with E-state index < -0.39 is 14.0 Å². The Hall–Kier alpha value is -0.303. The van der Waals surface area contributed by atoms with Gasteiger partial charge in [-0.25, -0.2) is 4.79 Å². The van der Waals surface area contributed by atoms with Gasteiger partial charge in [0.1, 0.15) is 19.9 Å². The highest BCUT2D eigenvalue weighted by Crippen LogP contribution is 2.36. The third-order valence-corrected chi connectivity index (χ3v) is 9.45. The number of aromatic carboxylic acids is 1. The summed E-state index contributed by atoms with van der Waals surface area (Å²) in [5, 5.41) is 9.98. The fourth-order valence-electron chi connectivity index (χ4n) is 1.34. The summed E-state index contributed by atoms with van der Waals surface area (Å²) < 4.78 is 6.21. The number of furan rings is 1. The second-order valence-corrected chi connectivity index (χ2v) is 11.8. The molecule has 5 heteroatoms. The molecule has 1 N–H and O–H groups in total. The lowest BCUT2D eigenvalue weighted by molar-refractivity contribution is 0.0697. The quantitative estimate of drug-likeness (QED) is 0.656. The van der Waals surface area contributed by atoms with Crippen molar-refractivity contribution >= 4 is 42.0 Å². The molecule has 0 amide bonds. The van der Waals surface area contributed by atoms with Gasteiger partial charge < -0.3 is 9.52 Å². The SMILES string of the molecule is CC(C)(C)[Si](C)(C)c1occ(I)c1C(=O)O. The predicted molar refractivity (Wildman–Crippen MR) is 75.2 cm³/mol. The number of hydrogen-bond donors (Lipinski definition) is 1. The molecule has 1 aromatic heterocycles. The number of halogens is 1. The average Bonchev–Trinajstić information content (AvgIpc) is 2.45. The Morgan fingerprint density at radius 1 is 1.44 bits per heavy atom. The van der Waals surface area contributed by atoms with E-state index in [4.69, 9.17) is 4.42 Å². The monoisotopic (exact) mass is 352 g/mol. The van der Waals surface area contributed by atoms with Gasteiger partial charge in [-0.15, -0.1) is 0 Å². The van der Waals surface area contributed by atoms with Crippen molar-refractivity contribution < 1.29 is 14.3 Å². The van der Waals surface area contributed by atoms with Gasteiger partial charge in [0.2, 0.25) is 0 Å². The molecule has 0 aliphatic rings. The van der Waals surface area contributed by atoms with Crippen molar-refractivity contribution in [2.75, 3.05) is 0 Å². The van der Waals surface area contributed by atoms with E-state index in [0.29, 0.717) is 14.5 Å². The molecular formula is C11H17IO3Si. The van der Waals surface area contributed by atoms with Crippen LogP contribution < -0.4 is 5.38 Å². The molecule has 0 saturated heterocycles. The van der Waals surface area contributed by atoms with Gasteiger partial charge in [-0.3, -0.25) is 0 Å². The fraction of sp³-hybridized carbons (Fsp3) is 0.545. The topological polar surface area (TPSA) is 50.4 Å². The van der Waals surface area contributed by atoms with E-state index >= 15 is 0 Å². The molecule has 90 valence electrons. The lowest BCUT2D eigenvalue weighted by Gasteiger charge is -2.35. The standard InChI is InChI=1S/C11H17IO3Si/c1-11(2,3)16(4,5)10-8(9(13)14)7(12)6-15-10/h6H,1-5H3,(H,13,14). The molecule has 0 fully saturated rings. The van der Waals surface area contributed by atoms with E-state index in [-0.39, 0.29) is 5.04 Å². The second-order valence-electron chi connectivity index (χ2n) is 5.47. The molecule has 0 bridgehead atoms. The van der Waals surface area contributed by atoms with Gasteiger partial charge in [0.25, 0.3) is 0 Å². The van der Waals surface area contributed by atoms with Crippen molar-refractivity contribution in [1.82, 2.24) is 0 Å². The van der Waals surface area contributed by atoms with Crippen LogP contribution in [0.25, 0.3) is 0 Å². The smallest absolute Gasteiger partial charge is 0.339 e. The van der Waals surface area contributed by atoms with Crippen molar-refractivity contribution in [3.05, 3.63) is 15.4 Å². The number of rotatable bonds is 2. The van der Waals surface area contributed by atoms with E-state index in [1.807, 2.05) is 22.6 Å². The van der Waals surface area contributed by atoms with Crippen molar-refractivity contribution in [3.8, 4) is 0 Å². The number of carbonyl (C=O) groups is 1. The third-order valence-electron chi connectivity index (χ3n) is 3.40. The summed E-state index contributed by atoms with van der Waals surface area (Å²) in [6.07, 6.45) is 1.54. The Morgan fingerprint density at radius 2 is 1.94 bits per heavy atom. The first-order valence-electron chi connectivity index (χ1n) is 5.10. The maximum Gasteiger partial charge on any atom is 0.339 e. The van der Waals surface area contributed by atoms with Gasteiger partial charge in [-0.2, -0.15) is 0 Å². The first-order valence-corrected chi connectivity index (χ1v) is 9.17. The average molecular weight is 352 g/mol. The number of carboxylic acids is 1. The summed E-state index contributed by atoms with van der Waals surface area (Å²) in [6.45, 7) is 10.7. The third kappa shape index (κ3) is 2.20. The zero-order valence-electron chi connectivity index (χ0n) is 10.2. The van der Waals surface area contributed by atoms with E-state index in [1.165, 1.54) is 0 Å². The highest BCUT2D eigenvalue weighted by atomic mass is 127. The van der Waals surface area contributed by atoms with Crippen LogP contribution in [0.2, 0.25) is 18.1 Å². The van der Waals surface area contributed by atoms with Crippen molar-refractivity contribution in [3.63, 3.8) is 0 Å². The first-order chi connectivity index (χ1) is 7.09. The molecule has 0 saturated carbocycles. The van der Waals surface area contributed by atoms with Gasteiger partial charge >= 0.3 is 5.97 Å². The van der Waals surface area contributed by atoms with E-state index in [2.05, 4.69) is 33.9 Å². The van der Waals surface area contributed by atoms with Crippen LogP contribution in [-0.4, -0.2) is 19.1 Å². The van der Waals surface area contributed by atoms with Crippen molar-refractivity contribution in [2.45, 2.75) is 38.9 Å². The van der Waals surface area contributed by atoms with Gasteiger partial charge in [0, 0.05) is 0 Å². The lowest BCUT2D eigenvalue weighted by Crippen LogP contribution is -2.50. The van der Waals surface area contributed by atoms with E-state index in [1.54, 1.807) is 6.26 Å². The van der Waals surface area contributed by atoms with E-state index in [9.17, 15) is 9.90 Å². The molecule has 0 radical (unpaired) electrons. The summed E-state index contributed by atoms with van der Waals surface area (Å²) in [6, 6.07) is 0. The van der Waals surface area contributed by atoms with Gasteiger partial charge in [-0.05, 0) is 27.6 Å². The Balaban J connectivity index is 3.40. The molecule has 1 heterocycles. The first kappa shape index (κ1) is 13.8. The van der Waals surface area contributed by atoms with Crippen LogP contribution in [0.4, 0.5) is 0 Å². The zero-order valence-corrected chi connectivity index (χ0v) is 13.4. The molecule has 0 spiro atoms. The molecule has 0 unspecified atom stereocenters. The summed E-state index contributed by atoms with van der Waals surface area (Å²) in [7, 11) is -1.92. The minimum atomic E-state index is -1.92. The van der Waals surface area contributed by atoms with E-state index in [0.717, 1.165) is 0 Å². The molecular weight excluding hydrogens is 335 g/mol. The summed E-state index contributed by atoms with van der Waals surface area (Å²) in [5.74, 6) is -0.891. The molecule has 0 aliphatic heterocycles. The van der Waals surface area contributed by atoms with Crippen LogP contribution >= 0.6 is 22.6 Å². The lowest BCUT2D eigenvalue weighted by atomic mass is 10.2. The molecule has 1 rings (SSSR count). The Bertz CT molecular complexity index is 415. The Kier molecular flexibility index (Phi) is 3.59. The number of carboxylic acid groups (broad SMARTS) is 1. The molecule has 1 aromatic rings. The van der Waals surface area contributed by atoms with Gasteiger partial charge in [0.15, 0.2) is 0 Å². The van der Waals surface area contributed by atoms with Gasteiger partial charge in [0.05, 0.1) is 8.95 Å². The second kappa shape index (κ2) is 4.18. The van der Waals surface area contributed by atoms with Crippen molar-refractivity contribution in [2.24, 2.45) is 0 Å². The molecule has 0 aromatic carbocycles. The largest absolute Gasteiger partial charge is 0.478 e. The molecule has 16 heavy (non-hydrogen) atoms. The van der Waals surface area contributed by atoms with Gasteiger partial charge in [-0.1, -0.05) is 33.9 Å². The maximum absolute atomic E-state index is 11.2. The Morgan fingerprint density at radius 3 is 2.31 bits per heavy atom. The predicted octanol–water partition coefficient (Wildman–Crippen LogP) is 3.30. The molecule has 0 atom stereocenters.